The zero-order valence-corrected chi connectivity index (χ0v) is 21.2. The lowest BCUT2D eigenvalue weighted by atomic mass is 9.93. The van der Waals surface area contributed by atoms with Crippen LogP contribution < -0.4 is 10.6 Å². The predicted molar refractivity (Wildman–Crippen MR) is 127 cm³/mol. The molecule has 10 heteroatoms. The van der Waals surface area contributed by atoms with Crippen molar-refractivity contribution in [3.8, 4) is 0 Å². The molecule has 8 nitrogen and oxygen atoms in total. The number of carbonyl (C=O) groups is 3. The maximum atomic E-state index is 13.2. The van der Waals surface area contributed by atoms with Crippen LogP contribution >= 0.6 is 23.2 Å². The van der Waals surface area contributed by atoms with Crippen molar-refractivity contribution in [3.05, 3.63) is 33.8 Å². The number of aliphatic hydroxyl groups is 1. The van der Waals surface area contributed by atoms with Crippen molar-refractivity contribution in [2.75, 3.05) is 13.1 Å². The summed E-state index contributed by atoms with van der Waals surface area (Å²) in [6.45, 7) is 8.85. The van der Waals surface area contributed by atoms with E-state index in [4.69, 9.17) is 27.9 Å². The molecular formula is C23H33Cl2N3O5. The van der Waals surface area contributed by atoms with Crippen molar-refractivity contribution >= 4 is 41.1 Å². The Morgan fingerprint density at radius 3 is 2.45 bits per heavy atom. The minimum Gasteiger partial charge on any atom is -0.444 e. The number of piperidine rings is 1. The molecule has 1 aromatic carbocycles. The van der Waals surface area contributed by atoms with Crippen molar-refractivity contribution in [2.45, 2.75) is 71.2 Å². The summed E-state index contributed by atoms with van der Waals surface area (Å²) >= 11 is 12.1. The molecule has 33 heavy (non-hydrogen) atoms. The Balaban J connectivity index is 2.02. The molecule has 1 heterocycles. The van der Waals surface area contributed by atoms with Gasteiger partial charge in [-0.1, -0.05) is 29.3 Å². The van der Waals surface area contributed by atoms with Crippen molar-refractivity contribution in [1.82, 2.24) is 15.5 Å². The molecule has 2 rings (SSSR count). The van der Waals surface area contributed by atoms with E-state index in [1.807, 2.05) is 0 Å². The lowest BCUT2D eigenvalue weighted by molar-refractivity contribution is -0.142. The Kier molecular flexibility index (Phi) is 9.01. The monoisotopic (exact) mass is 501 g/mol. The van der Waals surface area contributed by atoms with Gasteiger partial charge in [0.2, 0.25) is 11.8 Å². The average molecular weight is 502 g/mol. The van der Waals surface area contributed by atoms with Crippen LogP contribution in [0.4, 0.5) is 4.79 Å². The van der Waals surface area contributed by atoms with E-state index < -0.39 is 35.2 Å². The van der Waals surface area contributed by atoms with Crippen molar-refractivity contribution in [1.29, 1.82) is 0 Å². The molecule has 1 aliphatic rings. The second kappa shape index (κ2) is 10.9. The number of rotatable bonds is 6. The first-order chi connectivity index (χ1) is 15.2. The molecule has 2 atom stereocenters. The number of benzene rings is 1. The van der Waals surface area contributed by atoms with Gasteiger partial charge in [-0.3, -0.25) is 9.59 Å². The summed E-state index contributed by atoms with van der Waals surface area (Å²) < 4.78 is 5.24. The van der Waals surface area contributed by atoms with E-state index in [1.165, 1.54) is 18.7 Å². The molecule has 0 aromatic heterocycles. The molecule has 0 spiro atoms. The van der Waals surface area contributed by atoms with Gasteiger partial charge in [0.25, 0.3) is 0 Å². The van der Waals surface area contributed by atoms with E-state index in [0.29, 0.717) is 29.4 Å². The summed E-state index contributed by atoms with van der Waals surface area (Å²) in [5.74, 6) is -1.08. The standard InChI is InChI=1S/C23H33Cl2N3O5/c1-22(2,3)33-21(31)27-18(23(4,5)32)20(30)28-10-6-7-15(13-28)19(29)26-12-14-8-9-16(24)11-17(14)25/h8-9,11,15,18,32H,6-7,10,12-13H2,1-5H3,(H,26,29)(H,27,31)/t15-,18+/m1/s1. The van der Waals surface area contributed by atoms with E-state index in [1.54, 1.807) is 39.0 Å². The van der Waals surface area contributed by atoms with Crippen molar-refractivity contribution in [2.24, 2.45) is 5.92 Å². The summed E-state index contributed by atoms with van der Waals surface area (Å²) in [6, 6.07) is 3.84. The molecule has 0 unspecified atom stereocenters. The summed E-state index contributed by atoms with van der Waals surface area (Å²) in [7, 11) is 0. The molecular weight excluding hydrogens is 469 g/mol. The lowest BCUT2D eigenvalue weighted by Crippen LogP contribution is -2.60. The van der Waals surface area contributed by atoms with E-state index >= 15 is 0 Å². The molecule has 3 amide bonds. The van der Waals surface area contributed by atoms with Crippen LogP contribution in [0.25, 0.3) is 0 Å². The number of nitrogens with zero attached hydrogens (tertiary/aromatic N) is 1. The van der Waals surface area contributed by atoms with Crippen LogP contribution in [0.5, 0.6) is 0 Å². The Bertz CT molecular complexity index is 880. The molecule has 1 saturated heterocycles. The maximum Gasteiger partial charge on any atom is 0.408 e. The van der Waals surface area contributed by atoms with E-state index in [2.05, 4.69) is 10.6 Å². The van der Waals surface area contributed by atoms with Gasteiger partial charge in [-0.2, -0.15) is 0 Å². The molecule has 0 aliphatic carbocycles. The molecule has 1 aliphatic heterocycles. The quantitative estimate of drug-likeness (QED) is 0.552. The third kappa shape index (κ3) is 8.36. The smallest absolute Gasteiger partial charge is 0.408 e. The zero-order valence-electron chi connectivity index (χ0n) is 19.7. The summed E-state index contributed by atoms with van der Waals surface area (Å²) in [4.78, 5) is 39.7. The number of alkyl carbamates (subject to hydrolysis) is 1. The molecule has 0 saturated carbocycles. The third-order valence-electron chi connectivity index (χ3n) is 5.19. The van der Waals surface area contributed by atoms with Crippen LogP contribution in [0, 0.1) is 5.92 Å². The van der Waals surface area contributed by atoms with Crippen LogP contribution in [0.15, 0.2) is 18.2 Å². The topological polar surface area (TPSA) is 108 Å². The number of hydrogen-bond acceptors (Lipinski definition) is 5. The van der Waals surface area contributed by atoms with Gasteiger partial charge >= 0.3 is 6.09 Å². The van der Waals surface area contributed by atoms with Gasteiger partial charge in [0.05, 0.1) is 11.5 Å². The van der Waals surface area contributed by atoms with E-state index in [0.717, 1.165) is 5.56 Å². The summed E-state index contributed by atoms with van der Waals surface area (Å²) in [5.41, 5.74) is -1.55. The largest absolute Gasteiger partial charge is 0.444 e. The number of amides is 3. The van der Waals surface area contributed by atoms with Crippen molar-refractivity contribution < 1.29 is 24.2 Å². The second-order valence-electron chi connectivity index (χ2n) is 9.81. The fraction of sp³-hybridized carbons (Fsp3) is 0.609. The Hall–Kier alpha value is -2.03. The predicted octanol–water partition coefficient (Wildman–Crippen LogP) is 3.51. The Morgan fingerprint density at radius 1 is 1.21 bits per heavy atom. The average Bonchev–Trinajstić information content (AvgIpc) is 2.68. The van der Waals surface area contributed by atoms with Crippen LogP contribution in [-0.4, -0.2) is 58.2 Å². The highest BCUT2D eigenvalue weighted by atomic mass is 35.5. The number of likely N-dealkylation sites (tertiary alicyclic amines) is 1. The number of nitrogens with one attached hydrogen (secondary N) is 2. The van der Waals surface area contributed by atoms with Crippen LogP contribution in [0.2, 0.25) is 10.0 Å². The molecule has 184 valence electrons. The highest BCUT2D eigenvalue weighted by Gasteiger charge is 2.40. The van der Waals surface area contributed by atoms with Gasteiger partial charge in [-0.25, -0.2) is 4.79 Å². The van der Waals surface area contributed by atoms with Gasteiger partial charge in [0.1, 0.15) is 11.6 Å². The molecule has 0 radical (unpaired) electrons. The molecule has 1 fully saturated rings. The van der Waals surface area contributed by atoms with Gasteiger partial charge in [-0.05, 0) is 65.2 Å². The summed E-state index contributed by atoms with van der Waals surface area (Å²) in [5, 5.41) is 16.9. The zero-order chi connectivity index (χ0) is 25.0. The van der Waals surface area contributed by atoms with Crippen LogP contribution in [-0.2, 0) is 20.9 Å². The van der Waals surface area contributed by atoms with E-state index in [-0.39, 0.29) is 19.0 Å². The first-order valence-corrected chi connectivity index (χ1v) is 11.7. The fourth-order valence-corrected chi connectivity index (χ4v) is 4.01. The Morgan fingerprint density at radius 2 is 1.88 bits per heavy atom. The van der Waals surface area contributed by atoms with Crippen LogP contribution in [0.3, 0.4) is 0 Å². The SMILES string of the molecule is CC(C)(C)OC(=O)N[C@@H](C(=O)N1CCC[C@@H](C(=O)NCc2ccc(Cl)cc2Cl)C1)C(C)(C)O. The minimum absolute atomic E-state index is 0.182. The minimum atomic E-state index is -1.53. The number of hydrogen-bond donors (Lipinski definition) is 3. The number of ether oxygens (including phenoxy) is 1. The summed E-state index contributed by atoms with van der Waals surface area (Å²) in [6.07, 6.45) is 0.446. The number of carbonyl (C=O) groups excluding carboxylic acids is 3. The third-order valence-corrected chi connectivity index (χ3v) is 5.77. The van der Waals surface area contributed by atoms with Crippen LogP contribution in [0.1, 0.15) is 53.0 Å². The first kappa shape index (κ1) is 27.2. The van der Waals surface area contributed by atoms with Gasteiger partial charge in [0.15, 0.2) is 0 Å². The highest BCUT2D eigenvalue weighted by Crippen LogP contribution is 2.23. The van der Waals surface area contributed by atoms with Gasteiger partial charge < -0.3 is 25.4 Å². The van der Waals surface area contributed by atoms with E-state index in [9.17, 15) is 19.5 Å². The number of halogens is 2. The van der Waals surface area contributed by atoms with Gasteiger partial charge in [0, 0.05) is 29.7 Å². The molecule has 3 N–H and O–H groups in total. The Labute approximate surface area is 204 Å². The molecule has 1 aromatic rings. The van der Waals surface area contributed by atoms with Gasteiger partial charge in [-0.15, -0.1) is 0 Å². The normalized spacial score (nSPS) is 17.8. The first-order valence-electron chi connectivity index (χ1n) is 10.9. The van der Waals surface area contributed by atoms with Crippen molar-refractivity contribution in [3.63, 3.8) is 0 Å². The fourth-order valence-electron chi connectivity index (χ4n) is 3.53. The lowest BCUT2D eigenvalue weighted by Gasteiger charge is -2.38. The highest BCUT2D eigenvalue weighted by molar-refractivity contribution is 6.35. The second-order valence-corrected chi connectivity index (χ2v) is 10.7. The maximum absolute atomic E-state index is 13.2. The molecule has 0 bridgehead atoms.